The highest BCUT2D eigenvalue weighted by atomic mass is 35.5. The van der Waals surface area contributed by atoms with Crippen molar-refractivity contribution in [3.8, 4) is 5.75 Å². The molecule has 1 aliphatic carbocycles. The Kier molecular flexibility index (Phi) is 5.22. The Morgan fingerprint density at radius 2 is 1.95 bits per heavy atom. The summed E-state index contributed by atoms with van der Waals surface area (Å²) in [7, 11) is 0. The average molecular weight is 316 g/mol. The number of rotatable bonds is 7. The molecule has 4 heteroatoms. The second-order valence-electron chi connectivity index (χ2n) is 6.06. The van der Waals surface area contributed by atoms with Crippen LogP contribution in [0.1, 0.15) is 45.6 Å². The zero-order valence-corrected chi connectivity index (χ0v) is 13.9. The van der Waals surface area contributed by atoms with E-state index >= 15 is 0 Å². The molecule has 1 aromatic carbocycles. The van der Waals surface area contributed by atoms with Crippen LogP contribution in [0.4, 0.5) is 0 Å². The maximum atomic E-state index is 6.42. The highest BCUT2D eigenvalue weighted by Crippen LogP contribution is 2.39. The van der Waals surface area contributed by atoms with Crippen molar-refractivity contribution < 1.29 is 4.74 Å². The molecule has 0 amide bonds. The topological polar surface area (TPSA) is 21.3 Å². The minimum absolute atomic E-state index is 0.00659. The molecule has 0 saturated heterocycles. The van der Waals surface area contributed by atoms with E-state index in [1.165, 1.54) is 12.8 Å². The molecule has 112 valence electrons. The van der Waals surface area contributed by atoms with Crippen LogP contribution in [0.3, 0.4) is 0 Å². The van der Waals surface area contributed by atoms with Gasteiger partial charge >= 0.3 is 0 Å². The normalized spacial score (nSPS) is 15.4. The molecular weight excluding hydrogens is 293 g/mol. The molecule has 0 radical (unpaired) electrons. The van der Waals surface area contributed by atoms with E-state index in [9.17, 15) is 0 Å². The molecule has 1 aliphatic rings. The standard InChI is InChI=1S/C16H23Cl2NO/c1-4-20-15-10-13(17)12(9-14(15)18)16(2,3)7-8-19-11-5-6-11/h9-11,19H,4-8H2,1-3H3. The highest BCUT2D eigenvalue weighted by Gasteiger charge is 2.26. The number of halogens is 2. The first-order chi connectivity index (χ1) is 9.44. The summed E-state index contributed by atoms with van der Waals surface area (Å²) in [5.41, 5.74) is 1.08. The maximum absolute atomic E-state index is 6.42. The molecule has 2 rings (SSSR count). The molecule has 1 saturated carbocycles. The van der Waals surface area contributed by atoms with Gasteiger partial charge in [-0.2, -0.15) is 0 Å². The van der Waals surface area contributed by atoms with Gasteiger partial charge in [-0.25, -0.2) is 0 Å². The van der Waals surface area contributed by atoms with Crippen LogP contribution in [-0.4, -0.2) is 19.2 Å². The first-order valence-corrected chi connectivity index (χ1v) is 8.05. The number of benzene rings is 1. The fourth-order valence-corrected chi connectivity index (χ4v) is 2.95. The van der Waals surface area contributed by atoms with E-state index in [1.807, 2.05) is 19.1 Å². The van der Waals surface area contributed by atoms with Crippen molar-refractivity contribution in [3.05, 3.63) is 27.7 Å². The lowest BCUT2D eigenvalue weighted by Crippen LogP contribution is -2.27. The average Bonchev–Trinajstić information content (AvgIpc) is 3.17. The van der Waals surface area contributed by atoms with Crippen LogP contribution in [0.25, 0.3) is 0 Å². The zero-order chi connectivity index (χ0) is 14.8. The molecule has 2 nitrogen and oxygen atoms in total. The van der Waals surface area contributed by atoms with Gasteiger partial charge in [-0.05, 0) is 49.8 Å². The minimum atomic E-state index is -0.00659. The van der Waals surface area contributed by atoms with Gasteiger partial charge in [0, 0.05) is 17.1 Å². The fraction of sp³-hybridized carbons (Fsp3) is 0.625. The van der Waals surface area contributed by atoms with Gasteiger partial charge < -0.3 is 10.1 Å². The molecule has 1 N–H and O–H groups in total. The van der Waals surface area contributed by atoms with E-state index in [4.69, 9.17) is 27.9 Å². The van der Waals surface area contributed by atoms with E-state index < -0.39 is 0 Å². The second-order valence-corrected chi connectivity index (χ2v) is 6.87. The lowest BCUT2D eigenvalue weighted by atomic mass is 9.81. The van der Waals surface area contributed by atoms with Crippen LogP contribution in [0, 0.1) is 0 Å². The summed E-state index contributed by atoms with van der Waals surface area (Å²) in [4.78, 5) is 0. The Balaban J connectivity index is 2.10. The summed E-state index contributed by atoms with van der Waals surface area (Å²) < 4.78 is 5.48. The summed E-state index contributed by atoms with van der Waals surface area (Å²) in [5.74, 6) is 0.662. The number of ether oxygens (including phenoxy) is 1. The molecule has 0 aromatic heterocycles. The van der Waals surface area contributed by atoms with Gasteiger partial charge in [-0.15, -0.1) is 0 Å². The molecule has 0 aliphatic heterocycles. The summed E-state index contributed by atoms with van der Waals surface area (Å²) in [6.07, 6.45) is 3.67. The number of hydrogen-bond acceptors (Lipinski definition) is 2. The zero-order valence-electron chi connectivity index (χ0n) is 12.4. The molecule has 1 aromatic rings. The SMILES string of the molecule is CCOc1cc(Cl)c(C(C)(C)CCNC2CC2)cc1Cl. The molecule has 1 fully saturated rings. The Labute approximate surface area is 131 Å². The van der Waals surface area contributed by atoms with Gasteiger partial charge in [-0.1, -0.05) is 37.0 Å². The van der Waals surface area contributed by atoms with Crippen molar-refractivity contribution in [2.24, 2.45) is 0 Å². The van der Waals surface area contributed by atoms with E-state index in [0.29, 0.717) is 17.4 Å². The Hall–Kier alpha value is -0.440. The van der Waals surface area contributed by atoms with E-state index in [1.54, 1.807) is 0 Å². The van der Waals surface area contributed by atoms with Gasteiger partial charge in [0.1, 0.15) is 5.75 Å². The van der Waals surface area contributed by atoms with Gasteiger partial charge in [-0.3, -0.25) is 0 Å². The van der Waals surface area contributed by atoms with Crippen molar-refractivity contribution in [3.63, 3.8) is 0 Å². The summed E-state index contributed by atoms with van der Waals surface area (Å²) >= 11 is 12.7. The molecule has 0 unspecified atom stereocenters. The third-order valence-electron chi connectivity index (χ3n) is 3.81. The lowest BCUT2D eigenvalue weighted by molar-refractivity contribution is 0.340. The van der Waals surface area contributed by atoms with Crippen LogP contribution in [0.15, 0.2) is 12.1 Å². The number of hydrogen-bond donors (Lipinski definition) is 1. The van der Waals surface area contributed by atoms with Crippen molar-refractivity contribution in [2.45, 2.75) is 51.5 Å². The first-order valence-electron chi connectivity index (χ1n) is 7.29. The quantitative estimate of drug-likeness (QED) is 0.779. The fourth-order valence-electron chi connectivity index (χ4n) is 2.32. The monoisotopic (exact) mass is 315 g/mol. The van der Waals surface area contributed by atoms with Gasteiger partial charge in [0.15, 0.2) is 0 Å². The number of nitrogens with one attached hydrogen (secondary N) is 1. The minimum Gasteiger partial charge on any atom is -0.492 e. The highest BCUT2D eigenvalue weighted by molar-refractivity contribution is 6.34. The second kappa shape index (κ2) is 6.55. The van der Waals surface area contributed by atoms with Crippen molar-refractivity contribution in [2.75, 3.05) is 13.2 Å². The van der Waals surface area contributed by atoms with Crippen molar-refractivity contribution >= 4 is 23.2 Å². The van der Waals surface area contributed by atoms with E-state index in [-0.39, 0.29) is 5.41 Å². The van der Waals surface area contributed by atoms with Crippen molar-refractivity contribution in [1.82, 2.24) is 5.32 Å². The molecule has 0 bridgehead atoms. The Bertz CT molecular complexity index is 470. The van der Waals surface area contributed by atoms with Gasteiger partial charge in [0.25, 0.3) is 0 Å². The van der Waals surface area contributed by atoms with Crippen molar-refractivity contribution in [1.29, 1.82) is 0 Å². The lowest BCUT2D eigenvalue weighted by Gasteiger charge is -2.27. The van der Waals surface area contributed by atoms with Gasteiger partial charge in [0.2, 0.25) is 0 Å². The van der Waals surface area contributed by atoms with E-state index in [2.05, 4.69) is 19.2 Å². The van der Waals surface area contributed by atoms with Crippen LogP contribution in [0.5, 0.6) is 5.75 Å². The molecule has 0 spiro atoms. The van der Waals surface area contributed by atoms with Crippen LogP contribution in [0.2, 0.25) is 10.0 Å². The third-order valence-corrected chi connectivity index (χ3v) is 4.42. The predicted molar refractivity (Wildman–Crippen MR) is 86.3 cm³/mol. The molecule has 0 heterocycles. The Morgan fingerprint density at radius 1 is 1.25 bits per heavy atom. The predicted octanol–water partition coefficient (Wildman–Crippen LogP) is 4.81. The van der Waals surface area contributed by atoms with Gasteiger partial charge in [0.05, 0.1) is 11.6 Å². The van der Waals surface area contributed by atoms with Crippen LogP contribution < -0.4 is 10.1 Å². The van der Waals surface area contributed by atoms with E-state index in [0.717, 1.165) is 29.6 Å². The summed E-state index contributed by atoms with van der Waals surface area (Å²) in [5, 5.41) is 4.91. The maximum Gasteiger partial charge on any atom is 0.139 e. The molecule has 0 atom stereocenters. The third kappa shape index (κ3) is 4.03. The summed E-state index contributed by atoms with van der Waals surface area (Å²) in [6, 6.07) is 4.52. The molecule has 20 heavy (non-hydrogen) atoms. The largest absolute Gasteiger partial charge is 0.492 e. The summed E-state index contributed by atoms with van der Waals surface area (Å²) in [6.45, 7) is 7.95. The van der Waals surface area contributed by atoms with Crippen LogP contribution in [-0.2, 0) is 5.41 Å². The Morgan fingerprint density at radius 3 is 2.55 bits per heavy atom. The first kappa shape index (κ1) is 15.9. The molecular formula is C16H23Cl2NO. The smallest absolute Gasteiger partial charge is 0.139 e. The van der Waals surface area contributed by atoms with Crippen LogP contribution >= 0.6 is 23.2 Å².